The third kappa shape index (κ3) is 3.47. The summed E-state index contributed by atoms with van der Waals surface area (Å²) in [6.45, 7) is 4.46. The van der Waals surface area contributed by atoms with E-state index in [1.165, 1.54) is 12.8 Å². The summed E-state index contributed by atoms with van der Waals surface area (Å²) in [5, 5.41) is 3.32. The number of hydrogen-bond acceptors (Lipinski definition) is 3. The molecule has 2 aliphatic rings. The number of benzene rings is 1. The van der Waals surface area contributed by atoms with Crippen LogP contribution in [0.4, 0.5) is 0 Å². The first kappa shape index (κ1) is 15.0. The van der Waals surface area contributed by atoms with Crippen molar-refractivity contribution < 1.29 is 8.42 Å². The summed E-state index contributed by atoms with van der Waals surface area (Å²) in [6.07, 6.45) is 4.17. The molecule has 0 atom stereocenters. The zero-order valence-electron chi connectivity index (χ0n) is 12.6. The van der Waals surface area contributed by atoms with Gasteiger partial charge in [-0.25, -0.2) is 8.42 Å². The van der Waals surface area contributed by atoms with Gasteiger partial charge in [0.2, 0.25) is 10.0 Å². The van der Waals surface area contributed by atoms with E-state index in [-0.39, 0.29) is 6.04 Å². The maximum absolute atomic E-state index is 13.1. The molecule has 1 aromatic rings. The molecule has 5 heteroatoms. The van der Waals surface area contributed by atoms with Crippen LogP contribution in [0.5, 0.6) is 0 Å². The minimum atomic E-state index is -3.37. The smallest absolute Gasteiger partial charge is 0.243 e. The predicted octanol–water partition coefficient (Wildman–Crippen LogP) is 2.15. The van der Waals surface area contributed by atoms with Gasteiger partial charge in [-0.15, -0.1) is 0 Å². The topological polar surface area (TPSA) is 49.4 Å². The fourth-order valence-electron chi connectivity index (χ4n) is 3.00. The van der Waals surface area contributed by atoms with Crippen molar-refractivity contribution in [1.82, 2.24) is 9.62 Å². The molecule has 0 radical (unpaired) electrons. The van der Waals surface area contributed by atoms with E-state index in [1.807, 2.05) is 19.1 Å². The average Bonchev–Trinajstić information content (AvgIpc) is 3.29. The third-order valence-corrected chi connectivity index (χ3v) is 6.36. The molecule has 21 heavy (non-hydrogen) atoms. The van der Waals surface area contributed by atoms with E-state index in [0.717, 1.165) is 31.5 Å². The standard InChI is InChI=1S/C16H24N2O2S/c1-13-3-2-4-16(11-13)21(19,20)18(12-14-5-6-14)15-7-9-17-10-8-15/h2-4,11,14-15,17H,5-10,12H2,1H3. The number of nitrogens with one attached hydrogen (secondary N) is 1. The Morgan fingerprint density at radius 1 is 1.19 bits per heavy atom. The van der Waals surface area contributed by atoms with Gasteiger partial charge in [-0.2, -0.15) is 4.31 Å². The summed E-state index contributed by atoms with van der Waals surface area (Å²) in [5.41, 5.74) is 0.993. The Hall–Kier alpha value is -0.910. The fourth-order valence-corrected chi connectivity index (χ4v) is 4.87. The Morgan fingerprint density at radius 2 is 1.90 bits per heavy atom. The van der Waals surface area contributed by atoms with Crippen LogP contribution in [0.2, 0.25) is 0 Å². The Balaban J connectivity index is 1.89. The highest BCUT2D eigenvalue weighted by molar-refractivity contribution is 7.89. The lowest BCUT2D eigenvalue weighted by Gasteiger charge is -2.34. The lowest BCUT2D eigenvalue weighted by atomic mass is 10.1. The van der Waals surface area contributed by atoms with Crippen LogP contribution in [0, 0.1) is 12.8 Å². The predicted molar refractivity (Wildman–Crippen MR) is 83.7 cm³/mol. The molecule has 0 amide bonds. The zero-order valence-corrected chi connectivity index (χ0v) is 13.4. The molecule has 0 unspecified atom stereocenters. The molecule has 1 heterocycles. The molecule has 116 valence electrons. The minimum Gasteiger partial charge on any atom is -0.317 e. The molecule has 1 aliphatic heterocycles. The van der Waals surface area contributed by atoms with Gasteiger partial charge >= 0.3 is 0 Å². The largest absolute Gasteiger partial charge is 0.317 e. The molecule has 1 saturated carbocycles. The van der Waals surface area contributed by atoms with E-state index in [2.05, 4.69) is 5.32 Å². The van der Waals surface area contributed by atoms with Gasteiger partial charge in [-0.3, -0.25) is 0 Å². The van der Waals surface area contributed by atoms with Crippen LogP contribution in [0.3, 0.4) is 0 Å². The normalized spacial score (nSPS) is 20.9. The van der Waals surface area contributed by atoms with Crippen molar-refractivity contribution in [2.75, 3.05) is 19.6 Å². The molecule has 0 spiro atoms. The highest BCUT2D eigenvalue weighted by atomic mass is 32.2. The minimum absolute atomic E-state index is 0.150. The van der Waals surface area contributed by atoms with Crippen LogP contribution in [0.1, 0.15) is 31.2 Å². The molecule has 1 saturated heterocycles. The van der Waals surface area contributed by atoms with Crippen molar-refractivity contribution in [1.29, 1.82) is 0 Å². The fraction of sp³-hybridized carbons (Fsp3) is 0.625. The Labute approximate surface area is 127 Å². The van der Waals surface area contributed by atoms with Crippen molar-refractivity contribution >= 4 is 10.0 Å². The maximum Gasteiger partial charge on any atom is 0.243 e. The van der Waals surface area contributed by atoms with Gasteiger partial charge in [-0.05, 0) is 69.3 Å². The number of sulfonamides is 1. The second-order valence-corrected chi connectivity index (χ2v) is 8.21. The molecule has 0 aromatic heterocycles. The summed E-state index contributed by atoms with van der Waals surface area (Å²) in [5.74, 6) is 0.569. The van der Waals surface area contributed by atoms with E-state index < -0.39 is 10.0 Å². The number of hydrogen-bond donors (Lipinski definition) is 1. The summed E-state index contributed by atoms with van der Waals surface area (Å²) >= 11 is 0. The average molecular weight is 308 g/mol. The van der Waals surface area contributed by atoms with Crippen molar-refractivity contribution in [2.24, 2.45) is 5.92 Å². The lowest BCUT2D eigenvalue weighted by molar-refractivity contribution is 0.255. The summed E-state index contributed by atoms with van der Waals surface area (Å²) in [7, 11) is -3.37. The van der Waals surface area contributed by atoms with Gasteiger partial charge in [0.15, 0.2) is 0 Å². The quantitative estimate of drug-likeness (QED) is 0.907. The molecule has 1 aromatic carbocycles. The Kier molecular flexibility index (Phi) is 4.33. The molecular formula is C16H24N2O2S. The lowest BCUT2D eigenvalue weighted by Crippen LogP contribution is -2.46. The van der Waals surface area contributed by atoms with Gasteiger partial charge in [0.1, 0.15) is 0 Å². The summed E-state index contributed by atoms with van der Waals surface area (Å²) in [6, 6.07) is 7.44. The number of rotatable bonds is 5. The zero-order chi connectivity index (χ0) is 14.9. The van der Waals surface area contributed by atoms with Gasteiger partial charge in [-0.1, -0.05) is 12.1 Å². The molecule has 2 fully saturated rings. The third-order valence-electron chi connectivity index (χ3n) is 4.45. The first-order valence-electron chi connectivity index (χ1n) is 7.86. The first-order valence-corrected chi connectivity index (χ1v) is 9.30. The Morgan fingerprint density at radius 3 is 2.52 bits per heavy atom. The SMILES string of the molecule is Cc1cccc(S(=O)(=O)N(CC2CC2)C2CCNCC2)c1. The molecule has 1 aliphatic carbocycles. The van der Waals surface area contributed by atoms with Crippen LogP contribution in [0.25, 0.3) is 0 Å². The van der Waals surface area contributed by atoms with Gasteiger partial charge in [0.25, 0.3) is 0 Å². The molecule has 1 N–H and O–H groups in total. The van der Waals surface area contributed by atoms with Crippen LogP contribution >= 0.6 is 0 Å². The number of piperidine rings is 1. The highest BCUT2D eigenvalue weighted by Crippen LogP contribution is 2.34. The van der Waals surface area contributed by atoms with Crippen molar-refractivity contribution in [2.45, 2.75) is 43.5 Å². The monoisotopic (exact) mass is 308 g/mol. The summed E-state index contributed by atoms with van der Waals surface area (Å²) in [4.78, 5) is 0.446. The van der Waals surface area contributed by atoms with E-state index in [4.69, 9.17) is 0 Å². The Bertz CT molecular complexity index is 590. The highest BCUT2D eigenvalue weighted by Gasteiger charge is 2.36. The van der Waals surface area contributed by atoms with Crippen molar-refractivity contribution in [3.63, 3.8) is 0 Å². The molecule has 4 nitrogen and oxygen atoms in total. The maximum atomic E-state index is 13.1. The van der Waals surface area contributed by atoms with E-state index in [0.29, 0.717) is 17.4 Å². The van der Waals surface area contributed by atoms with E-state index in [9.17, 15) is 8.42 Å². The second kappa shape index (κ2) is 6.07. The molecule has 0 bridgehead atoms. The molecular weight excluding hydrogens is 284 g/mol. The van der Waals surface area contributed by atoms with Crippen LogP contribution < -0.4 is 5.32 Å². The van der Waals surface area contributed by atoms with E-state index >= 15 is 0 Å². The van der Waals surface area contributed by atoms with Gasteiger partial charge in [0.05, 0.1) is 4.90 Å². The van der Waals surface area contributed by atoms with E-state index in [1.54, 1.807) is 16.4 Å². The van der Waals surface area contributed by atoms with Crippen LogP contribution in [-0.2, 0) is 10.0 Å². The number of nitrogens with zero attached hydrogens (tertiary/aromatic N) is 1. The molecule has 3 rings (SSSR count). The number of aryl methyl sites for hydroxylation is 1. The van der Waals surface area contributed by atoms with Crippen molar-refractivity contribution in [3.8, 4) is 0 Å². The van der Waals surface area contributed by atoms with Gasteiger partial charge < -0.3 is 5.32 Å². The first-order chi connectivity index (χ1) is 10.1. The van der Waals surface area contributed by atoms with Crippen LogP contribution in [0.15, 0.2) is 29.2 Å². The second-order valence-electron chi connectivity index (χ2n) is 6.32. The van der Waals surface area contributed by atoms with Crippen LogP contribution in [-0.4, -0.2) is 38.4 Å². The van der Waals surface area contributed by atoms with Crippen molar-refractivity contribution in [3.05, 3.63) is 29.8 Å². The summed E-state index contributed by atoms with van der Waals surface area (Å²) < 4.78 is 27.9. The van der Waals surface area contributed by atoms with Gasteiger partial charge in [0, 0.05) is 12.6 Å².